The first kappa shape index (κ1) is 85.9. The molecule has 5 N–H and O–H groups in total. The number of anilines is 3. The minimum absolute atomic E-state index is 0.347. The number of ether oxygens (including phenoxy) is 8. The lowest BCUT2D eigenvalue weighted by molar-refractivity contribution is 0.0353. The molecule has 6 aromatic rings. The molecular weight excluding hydrogens is 1420 g/mol. The molecule has 0 radical (unpaired) electrons. The van der Waals surface area contributed by atoms with Gasteiger partial charge in [0, 0.05) is 187 Å². The Hall–Kier alpha value is -6.54. The van der Waals surface area contributed by atoms with Crippen molar-refractivity contribution in [2.45, 2.75) is 101 Å². The zero-order chi connectivity index (χ0) is 77.3. The second-order valence-electron chi connectivity index (χ2n) is 30.6. The first-order valence-corrected chi connectivity index (χ1v) is 41.0. The summed E-state index contributed by atoms with van der Waals surface area (Å²) in [6.45, 7) is 38.1. The number of nitrogens with zero attached hydrogens (tertiary/aromatic N) is 14. The van der Waals surface area contributed by atoms with E-state index in [0.717, 1.165) is 305 Å². The van der Waals surface area contributed by atoms with Gasteiger partial charge in [-0.3, -0.25) is 24.5 Å². The van der Waals surface area contributed by atoms with Gasteiger partial charge in [0.05, 0.1) is 104 Å². The number of carbonyl (C=O) groups excluding carboxylic acids is 1. The highest BCUT2D eigenvalue weighted by atomic mass is 35.5. The zero-order valence-electron chi connectivity index (χ0n) is 67.3. The van der Waals surface area contributed by atoms with E-state index < -0.39 is 5.60 Å². The standard InChI is InChI=1S/C29H38N6O2.C22H23ClN4O.C11H22N2O3.2C7H16N2O.C6H14N2O/c1-33(13-14-34-15-17-37-18-16-34)27-19-24-25(20-30-27)31-28(22-7-8-22)32-29(24)35-11-9-21(10-12-35)23-5-3-4-6-26(23)36-2;1-28-19-5-3-2-4-16(19)14-8-10-27(11-9-14)22-17-12-20(23)24-13-18(17)25-21(26-22)15-6-7-15;1-11(2,3)16-10(14)12-4-5-13-6-8-15-9-7-13;2*1-8-2-3-9-4-6-10-7-5-9;7-1-2-8-3-5-9-6-4-8/h3-6,19-22H,7-18H2,1-2H3;2-5,12-15H,6-11H2,1H3;4-9H2,1-3H3,(H,12,14);2*8H,2-7H2,1H3;1-7H2. The first-order valence-electron chi connectivity index (χ1n) is 40.6. The van der Waals surface area contributed by atoms with Crippen LogP contribution in [0.5, 0.6) is 11.5 Å². The van der Waals surface area contributed by atoms with Crippen LogP contribution in [0.2, 0.25) is 5.15 Å². The zero-order valence-corrected chi connectivity index (χ0v) is 68.1. The molecule has 7 aliphatic heterocycles. The number of likely N-dealkylation sites (N-methyl/N-ethyl adjacent to an activating group) is 3. The SMILES string of the molecule is CC(C)(C)OC(=O)NCCN1CCOCC1.CNCCN1CCOCC1.CNCCN1CCOCC1.COc1ccccc1C1CCN(c2nc(C3CC3)nc3cnc(Cl)cc23)CC1.COc1ccccc1C1CCN(c2nc(C3CC3)nc3cnc(N(C)CCN4CCOCC4)cc23)CC1.NCCN1CCOCC1. The molecule has 0 bridgehead atoms. The molecule has 608 valence electrons. The summed E-state index contributed by atoms with van der Waals surface area (Å²) in [5, 5.41) is 11.6. The van der Waals surface area contributed by atoms with Crippen molar-refractivity contribution in [2.24, 2.45) is 5.73 Å². The van der Waals surface area contributed by atoms with Gasteiger partial charge in [-0.15, -0.1) is 0 Å². The summed E-state index contributed by atoms with van der Waals surface area (Å²) in [5.41, 5.74) is 9.44. The molecule has 9 fully saturated rings. The number of piperidine rings is 2. The van der Waals surface area contributed by atoms with E-state index >= 15 is 0 Å². The predicted molar refractivity (Wildman–Crippen MR) is 439 cm³/mol. The lowest BCUT2D eigenvalue weighted by atomic mass is 9.88. The predicted octanol–water partition coefficient (Wildman–Crippen LogP) is 8.21. The maximum Gasteiger partial charge on any atom is 0.407 e. The fraction of sp³-hybridized carbons (Fsp3) is 0.671. The van der Waals surface area contributed by atoms with Gasteiger partial charge in [-0.05, 0) is 133 Å². The maximum atomic E-state index is 11.3. The number of nitrogens with two attached hydrogens (primary N) is 1. The molecule has 7 saturated heterocycles. The Morgan fingerprint density at radius 3 is 1.28 bits per heavy atom. The van der Waals surface area contributed by atoms with E-state index in [2.05, 4.69) is 110 Å². The number of halogens is 1. The van der Waals surface area contributed by atoms with Crippen LogP contribution in [0.1, 0.15) is 119 Å². The number of fused-ring (bicyclic) bond motifs is 2. The van der Waals surface area contributed by atoms with Gasteiger partial charge in [0.1, 0.15) is 51.4 Å². The van der Waals surface area contributed by atoms with Crippen molar-refractivity contribution < 1.29 is 42.7 Å². The Bertz CT molecular complexity index is 3600. The molecule has 2 aliphatic carbocycles. The lowest BCUT2D eigenvalue weighted by Crippen LogP contribution is -2.42. The van der Waals surface area contributed by atoms with Gasteiger partial charge in [-0.1, -0.05) is 48.0 Å². The molecule has 4 aromatic heterocycles. The Morgan fingerprint density at radius 1 is 0.509 bits per heavy atom. The first-order chi connectivity index (χ1) is 53.7. The lowest BCUT2D eigenvalue weighted by Gasteiger charge is -2.34. The van der Waals surface area contributed by atoms with Crippen molar-refractivity contribution in [3.8, 4) is 11.5 Å². The number of pyridine rings is 2. The molecule has 28 heteroatoms. The smallest absolute Gasteiger partial charge is 0.407 e. The summed E-state index contributed by atoms with van der Waals surface area (Å²) < 4.78 is 42.7. The molecule has 11 heterocycles. The van der Waals surface area contributed by atoms with E-state index in [1.807, 2.05) is 59.3 Å². The van der Waals surface area contributed by atoms with Gasteiger partial charge in [0.2, 0.25) is 0 Å². The normalized spacial score (nSPS) is 19.4. The van der Waals surface area contributed by atoms with Crippen LogP contribution in [0, 0.1) is 0 Å². The van der Waals surface area contributed by atoms with Crippen LogP contribution in [0.15, 0.2) is 73.1 Å². The molecule has 0 unspecified atom stereocenters. The third-order valence-corrected chi connectivity index (χ3v) is 21.5. The third kappa shape index (κ3) is 28.2. The van der Waals surface area contributed by atoms with Crippen molar-refractivity contribution in [1.82, 2.24) is 70.4 Å². The van der Waals surface area contributed by atoms with Gasteiger partial charge in [0.25, 0.3) is 0 Å². The average Bonchev–Trinajstić information content (AvgIpc) is 1.23. The Morgan fingerprint density at radius 2 is 0.891 bits per heavy atom. The number of rotatable bonds is 23. The molecule has 27 nitrogen and oxygen atoms in total. The van der Waals surface area contributed by atoms with Crippen LogP contribution in [0.3, 0.4) is 0 Å². The number of hydrogen-bond acceptors (Lipinski definition) is 26. The minimum atomic E-state index is -0.428. The molecule has 0 atom stereocenters. The number of benzene rings is 2. The monoisotopic (exact) mass is 1540 g/mol. The van der Waals surface area contributed by atoms with Crippen LogP contribution in [0.4, 0.5) is 22.2 Å². The molecular formula is C82H129ClN18O9. The number of para-hydroxylation sites is 2. The maximum absolute atomic E-state index is 11.3. The number of amides is 1. The van der Waals surface area contributed by atoms with Crippen molar-refractivity contribution in [3.05, 3.63) is 101 Å². The van der Waals surface area contributed by atoms with E-state index in [-0.39, 0.29) is 6.09 Å². The molecule has 0 spiro atoms. The van der Waals surface area contributed by atoms with Gasteiger partial charge < -0.3 is 74.3 Å². The fourth-order valence-electron chi connectivity index (χ4n) is 14.5. The Kier molecular flexibility index (Phi) is 35.9. The highest BCUT2D eigenvalue weighted by Crippen LogP contribution is 2.44. The van der Waals surface area contributed by atoms with Crippen molar-refractivity contribution >= 4 is 57.0 Å². The fourth-order valence-corrected chi connectivity index (χ4v) is 14.6. The molecule has 110 heavy (non-hydrogen) atoms. The number of methoxy groups -OCH3 is 2. The van der Waals surface area contributed by atoms with Gasteiger partial charge in [-0.25, -0.2) is 34.7 Å². The van der Waals surface area contributed by atoms with Crippen LogP contribution < -0.4 is 45.9 Å². The van der Waals surface area contributed by atoms with Crippen LogP contribution in [-0.2, 0) is 28.4 Å². The van der Waals surface area contributed by atoms with E-state index in [0.29, 0.717) is 35.4 Å². The summed E-state index contributed by atoms with van der Waals surface area (Å²) in [4.78, 5) is 59.2. The van der Waals surface area contributed by atoms with Crippen LogP contribution in [0.25, 0.3) is 21.8 Å². The topological polar surface area (TPSA) is 256 Å². The number of carbonyl (C=O) groups is 1. The number of nitrogens with one attached hydrogen (secondary N) is 3. The van der Waals surface area contributed by atoms with Gasteiger partial charge in [0.15, 0.2) is 0 Å². The number of morpholine rings is 5. The summed E-state index contributed by atoms with van der Waals surface area (Å²) in [5.74, 6) is 9.03. The second kappa shape index (κ2) is 46.0. The summed E-state index contributed by atoms with van der Waals surface area (Å²) in [6.07, 6.45) is 12.4. The molecule has 15 rings (SSSR count). The van der Waals surface area contributed by atoms with E-state index in [4.69, 9.17) is 80.1 Å². The van der Waals surface area contributed by atoms with Crippen molar-refractivity contribution in [2.75, 3.05) is 273 Å². The van der Waals surface area contributed by atoms with Crippen molar-refractivity contribution in [1.29, 1.82) is 0 Å². The molecule has 9 aliphatic rings. The molecule has 1 amide bonds. The molecule has 2 saturated carbocycles. The van der Waals surface area contributed by atoms with Gasteiger partial charge >= 0.3 is 6.09 Å². The van der Waals surface area contributed by atoms with E-state index in [9.17, 15) is 4.79 Å². The average molecular weight is 1550 g/mol. The van der Waals surface area contributed by atoms with E-state index in [1.54, 1.807) is 20.4 Å². The quantitative estimate of drug-likeness (QED) is 0.0441. The molecule has 2 aromatic carbocycles. The van der Waals surface area contributed by atoms with E-state index in [1.165, 1.54) is 36.8 Å². The summed E-state index contributed by atoms with van der Waals surface area (Å²) >= 11 is 6.18. The highest BCUT2D eigenvalue weighted by Gasteiger charge is 2.33. The van der Waals surface area contributed by atoms with Crippen molar-refractivity contribution in [3.63, 3.8) is 0 Å². The highest BCUT2D eigenvalue weighted by molar-refractivity contribution is 6.30. The summed E-state index contributed by atoms with van der Waals surface area (Å²) in [6, 6.07) is 20.9. The van der Waals surface area contributed by atoms with Crippen LogP contribution in [-0.4, -0.2) is 325 Å². The number of aromatic nitrogens is 6. The number of hydrogen-bond donors (Lipinski definition) is 4. The largest absolute Gasteiger partial charge is 0.496 e. The minimum Gasteiger partial charge on any atom is -0.496 e. The summed E-state index contributed by atoms with van der Waals surface area (Å²) in [7, 11) is 9.62. The van der Waals surface area contributed by atoms with Crippen LogP contribution >= 0.6 is 11.6 Å². The third-order valence-electron chi connectivity index (χ3n) is 21.3. The Balaban J connectivity index is 0.000000154. The second-order valence-corrected chi connectivity index (χ2v) is 31.0. The van der Waals surface area contributed by atoms with Gasteiger partial charge in [-0.2, -0.15) is 0 Å². The Labute approximate surface area is 659 Å². The number of alkyl carbamates (subject to hydrolysis) is 1.